The van der Waals surface area contributed by atoms with Gasteiger partial charge in [0.05, 0.1) is 12.6 Å². The number of nitrogens with two attached hydrogens (primary N) is 1. The summed E-state index contributed by atoms with van der Waals surface area (Å²) >= 11 is 3.39. The van der Waals surface area contributed by atoms with Crippen LogP contribution in [0.3, 0.4) is 0 Å². The molecule has 1 atom stereocenters. The highest BCUT2D eigenvalue weighted by Gasteiger charge is 2.09. The molecule has 0 heterocycles. The molecule has 0 radical (unpaired) electrons. The van der Waals surface area contributed by atoms with Crippen molar-refractivity contribution in [3.8, 4) is 0 Å². The van der Waals surface area contributed by atoms with Crippen molar-refractivity contribution in [2.24, 2.45) is 10.7 Å². The Morgan fingerprint density at radius 2 is 2.22 bits per heavy atom. The highest BCUT2D eigenvalue weighted by Crippen LogP contribution is 2.22. The summed E-state index contributed by atoms with van der Waals surface area (Å²) < 4.78 is 0.862. The Morgan fingerprint density at radius 3 is 2.83 bits per heavy atom. The van der Waals surface area contributed by atoms with Gasteiger partial charge in [-0.3, -0.25) is 4.99 Å². The van der Waals surface area contributed by atoms with Gasteiger partial charge in [-0.2, -0.15) is 0 Å². The van der Waals surface area contributed by atoms with E-state index in [9.17, 15) is 5.11 Å². The number of aliphatic imine (C=N–C) groups is 1. The molecule has 1 unspecified atom stereocenters. The second-order valence-corrected chi connectivity index (χ2v) is 4.93. The second kappa shape index (κ2) is 7.18. The van der Waals surface area contributed by atoms with Crippen molar-refractivity contribution in [3.63, 3.8) is 0 Å². The maximum Gasteiger partial charge on any atom is 0.188 e. The molecule has 0 bridgehead atoms. The maximum atomic E-state index is 9.99. The summed E-state index contributed by atoms with van der Waals surface area (Å²) in [6.45, 7) is 6.46. The van der Waals surface area contributed by atoms with Crippen LogP contribution in [0.1, 0.15) is 18.6 Å². The number of aliphatic hydroxyl groups excluding tert-OH is 1. The molecule has 98 valence electrons. The molecule has 1 rings (SSSR count). The van der Waals surface area contributed by atoms with E-state index < -0.39 is 6.10 Å². The van der Waals surface area contributed by atoms with Gasteiger partial charge in [-0.15, -0.1) is 0 Å². The second-order valence-electron chi connectivity index (χ2n) is 4.07. The van der Waals surface area contributed by atoms with E-state index in [0.29, 0.717) is 12.5 Å². The van der Waals surface area contributed by atoms with Gasteiger partial charge in [0, 0.05) is 11.0 Å². The Bertz CT molecular complexity index is 446. The van der Waals surface area contributed by atoms with Gasteiger partial charge in [0.1, 0.15) is 0 Å². The predicted molar refractivity (Wildman–Crippen MR) is 78.4 cm³/mol. The summed E-state index contributed by atoms with van der Waals surface area (Å²) in [7, 11) is 0. The lowest BCUT2D eigenvalue weighted by Crippen LogP contribution is -2.33. The lowest BCUT2D eigenvalue weighted by molar-refractivity contribution is 0.186. The van der Waals surface area contributed by atoms with E-state index in [1.54, 1.807) is 0 Å². The van der Waals surface area contributed by atoms with Gasteiger partial charge in [0.2, 0.25) is 0 Å². The van der Waals surface area contributed by atoms with Crippen LogP contribution in [0.5, 0.6) is 0 Å². The Morgan fingerprint density at radius 1 is 1.56 bits per heavy atom. The summed E-state index contributed by atoms with van der Waals surface area (Å²) in [6.07, 6.45) is -0.675. The fraction of sp³-hybridized carbons (Fsp3) is 0.308. The van der Waals surface area contributed by atoms with Gasteiger partial charge < -0.3 is 16.2 Å². The van der Waals surface area contributed by atoms with Crippen molar-refractivity contribution in [1.29, 1.82) is 0 Å². The van der Waals surface area contributed by atoms with Crippen molar-refractivity contribution < 1.29 is 5.11 Å². The van der Waals surface area contributed by atoms with Crippen LogP contribution in [0.4, 0.5) is 0 Å². The molecule has 0 aliphatic heterocycles. The average Bonchev–Trinajstić information content (AvgIpc) is 2.34. The van der Waals surface area contributed by atoms with Gasteiger partial charge in [0.15, 0.2) is 5.96 Å². The molecule has 5 heteroatoms. The third-order valence-corrected chi connectivity index (χ3v) is 2.99. The van der Waals surface area contributed by atoms with Crippen molar-refractivity contribution in [3.05, 3.63) is 46.5 Å². The number of benzene rings is 1. The number of guanidine groups is 1. The van der Waals surface area contributed by atoms with E-state index >= 15 is 0 Å². The van der Waals surface area contributed by atoms with Crippen LogP contribution in [0.25, 0.3) is 0 Å². The van der Waals surface area contributed by atoms with Crippen LogP contribution in [-0.4, -0.2) is 24.2 Å². The quantitative estimate of drug-likeness (QED) is 0.442. The van der Waals surface area contributed by atoms with Crippen LogP contribution in [0.15, 0.2) is 45.9 Å². The number of halogens is 1. The first-order valence-corrected chi connectivity index (χ1v) is 6.40. The zero-order valence-electron chi connectivity index (χ0n) is 10.4. The SMILES string of the molecule is C=C(C)CNC(N)=NCC(O)c1ccccc1Br. The minimum Gasteiger partial charge on any atom is -0.386 e. The Balaban J connectivity index is 2.55. The van der Waals surface area contributed by atoms with Gasteiger partial charge in [0.25, 0.3) is 0 Å². The molecule has 0 fully saturated rings. The first-order valence-electron chi connectivity index (χ1n) is 5.61. The fourth-order valence-electron chi connectivity index (χ4n) is 1.33. The number of hydrogen-bond donors (Lipinski definition) is 3. The number of aliphatic hydroxyl groups is 1. The Kier molecular flexibility index (Phi) is 5.88. The zero-order chi connectivity index (χ0) is 13.5. The lowest BCUT2D eigenvalue weighted by Gasteiger charge is -2.11. The van der Waals surface area contributed by atoms with Crippen molar-refractivity contribution in [2.75, 3.05) is 13.1 Å². The van der Waals surface area contributed by atoms with Crippen LogP contribution in [-0.2, 0) is 0 Å². The first kappa shape index (κ1) is 14.7. The Hall–Kier alpha value is -1.33. The molecule has 0 saturated carbocycles. The van der Waals surface area contributed by atoms with E-state index in [4.69, 9.17) is 5.73 Å². The summed E-state index contributed by atoms with van der Waals surface area (Å²) in [4.78, 5) is 4.08. The molecule has 0 aliphatic carbocycles. The standard InChI is InChI=1S/C13H18BrN3O/c1-9(2)7-16-13(15)17-8-12(18)10-5-3-4-6-11(10)14/h3-6,12,18H,1,7-8H2,2H3,(H3,15,16,17). The highest BCUT2D eigenvalue weighted by molar-refractivity contribution is 9.10. The molecule has 1 aromatic carbocycles. The van der Waals surface area contributed by atoms with Gasteiger partial charge in [-0.25, -0.2) is 0 Å². The average molecular weight is 312 g/mol. The van der Waals surface area contributed by atoms with Crippen LogP contribution >= 0.6 is 15.9 Å². The molecule has 1 aromatic rings. The number of rotatable bonds is 5. The van der Waals surface area contributed by atoms with E-state index in [-0.39, 0.29) is 6.54 Å². The summed E-state index contributed by atoms with van der Waals surface area (Å²) in [5, 5.41) is 12.9. The molecule has 0 spiro atoms. The number of nitrogens with zero attached hydrogens (tertiary/aromatic N) is 1. The van der Waals surface area contributed by atoms with E-state index in [0.717, 1.165) is 15.6 Å². The van der Waals surface area contributed by atoms with Crippen LogP contribution in [0, 0.1) is 0 Å². The maximum absolute atomic E-state index is 9.99. The van der Waals surface area contributed by atoms with E-state index in [1.165, 1.54) is 0 Å². The zero-order valence-corrected chi connectivity index (χ0v) is 11.9. The van der Waals surface area contributed by atoms with Crippen LogP contribution < -0.4 is 11.1 Å². The molecule has 0 aliphatic rings. The summed E-state index contributed by atoms with van der Waals surface area (Å²) in [5.74, 6) is 0.309. The molecule has 4 nitrogen and oxygen atoms in total. The van der Waals surface area contributed by atoms with Crippen molar-refractivity contribution in [1.82, 2.24) is 5.32 Å². The normalized spacial score (nSPS) is 13.2. The topological polar surface area (TPSA) is 70.6 Å². The fourth-order valence-corrected chi connectivity index (χ4v) is 1.87. The molecule has 18 heavy (non-hydrogen) atoms. The molecule has 0 saturated heterocycles. The first-order chi connectivity index (χ1) is 8.50. The van der Waals surface area contributed by atoms with Crippen molar-refractivity contribution >= 4 is 21.9 Å². The monoisotopic (exact) mass is 311 g/mol. The van der Waals surface area contributed by atoms with Crippen molar-refractivity contribution in [2.45, 2.75) is 13.0 Å². The third-order valence-electron chi connectivity index (χ3n) is 2.27. The summed E-state index contributed by atoms with van der Waals surface area (Å²) in [6, 6.07) is 7.49. The van der Waals surface area contributed by atoms with Gasteiger partial charge >= 0.3 is 0 Å². The van der Waals surface area contributed by atoms with Gasteiger partial charge in [-0.1, -0.05) is 46.3 Å². The molecule has 0 aromatic heterocycles. The largest absolute Gasteiger partial charge is 0.386 e. The minimum atomic E-state index is -0.675. The number of nitrogens with one attached hydrogen (secondary N) is 1. The van der Waals surface area contributed by atoms with Gasteiger partial charge in [-0.05, 0) is 18.6 Å². The molecular formula is C13H18BrN3O. The molecular weight excluding hydrogens is 294 g/mol. The third kappa shape index (κ3) is 4.89. The molecule has 0 amide bonds. The smallest absolute Gasteiger partial charge is 0.188 e. The predicted octanol–water partition coefficient (Wildman–Crippen LogP) is 1.96. The Labute approximate surface area is 116 Å². The molecule has 4 N–H and O–H groups in total. The minimum absolute atomic E-state index is 0.220. The van der Waals surface area contributed by atoms with E-state index in [1.807, 2.05) is 31.2 Å². The van der Waals surface area contributed by atoms with Crippen LogP contribution in [0.2, 0.25) is 0 Å². The number of hydrogen-bond acceptors (Lipinski definition) is 2. The van der Waals surface area contributed by atoms with E-state index in [2.05, 4.69) is 32.8 Å². The lowest BCUT2D eigenvalue weighted by atomic mass is 10.1. The summed E-state index contributed by atoms with van der Waals surface area (Å²) in [5.41, 5.74) is 7.43. The highest BCUT2D eigenvalue weighted by atomic mass is 79.9.